The molecule has 1 N–H and O–H groups in total. The second-order valence-corrected chi connectivity index (χ2v) is 5.54. The number of hydrogen-bond donors (Lipinski definition) is 1. The molecule has 2 aromatic rings. The monoisotopic (exact) mass is 300 g/mol. The number of carbonyl (C=O) groups is 2. The molecule has 1 aliphatic rings. The summed E-state index contributed by atoms with van der Waals surface area (Å²) in [6.45, 7) is 2.75. The molecule has 114 valence electrons. The first kappa shape index (κ1) is 14.5. The number of halogens is 1. The normalized spacial score (nSPS) is 18.9. The Labute approximate surface area is 127 Å². The lowest BCUT2D eigenvalue weighted by Gasteiger charge is -2.26. The molecule has 3 rings (SSSR count). The quantitative estimate of drug-likeness (QED) is 0.879. The van der Waals surface area contributed by atoms with Crippen molar-refractivity contribution in [3.63, 3.8) is 0 Å². The first-order valence-electron chi connectivity index (χ1n) is 7.33. The van der Waals surface area contributed by atoms with Crippen LogP contribution in [-0.4, -0.2) is 35.8 Å². The molecular weight excluding hydrogens is 283 g/mol. The number of benzene rings is 2. The van der Waals surface area contributed by atoms with E-state index in [1.165, 1.54) is 12.1 Å². The topological polar surface area (TPSA) is 49.4 Å². The number of rotatable bonds is 1. The second-order valence-electron chi connectivity index (χ2n) is 5.54. The van der Waals surface area contributed by atoms with Gasteiger partial charge in [0.1, 0.15) is 5.82 Å². The highest BCUT2D eigenvalue weighted by Gasteiger charge is 2.27. The van der Waals surface area contributed by atoms with Gasteiger partial charge in [0.25, 0.3) is 5.91 Å². The van der Waals surface area contributed by atoms with E-state index in [1.807, 2.05) is 6.92 Å². The maximum Gasteiger partial charge on any atom is 0.254 e. The van der Waals surface area contributed by atoms with Crippen LogP contribution in [0, 0.1) is 5.82 Å². The predicted molar refractivity (Wildman–Crippen MR) is 82.0 cm³/mol. The Morgan fingerprint density at radius 1 is 1.23 bits per heavy atom. The van der Waals surface area contributed by atoms with Crippen LogP contribution in [0.25, 0.3) is 10.8 Å². The largest absolute Gasteiger partial charge is 0.354 e. The summed E-state index contributed by atoms with van der Waals surface area (Å²) in [5.41, 5.74) is 0.471. The molecule has 4 nitrogen and oxygen atoms in total. The molecule has 5 heteroatoms. The zero-order valence-electron chi connectivity index (χ0n) is 12.3. The number of amides is 2. The minimum Gasteiger partial charge on any atom is -0.354 e. The third kappa shape index (κ3) is 2.54. The molecule has 1 unspecified atom stereocenters. The van der Waals surface area contributed by atoms with Crippen molar-refractivity contribution in [1.29, 1.82) is 0 Å². The van der Waals surface area contributed by atoms with Crippen molar-refractivity contribution in [2.75, 3.05) is 13.1 Å². The van der Waals surface area contributed by atoms with Crippen LogP contribution in [0.3, 0.4) is 0 Å². The standard InChI is InChI=1S/C17H17FN2O2/c1-11-10-16(21)19-8-9-20(11)17(22)14-6-7-15(18)13-5-3-2-4-12(13)14/h2-7,11H,8-10H2,1H3,(H,19,21). The third-order valence-electron chi connectivity index (χ3n) is 4.05. The van der Waals surface area contributed by atoms with Gasteiger partial charge < -0.3 is 10.2 Å². The SMILES string of the molecule is CC1CC(=O)NCCN1C(=O)c1ccc(F)c2ccccc12. The molecule has 1 atom stereocenters. The highest BCUT2D eigenvalue weighted by atomic mass is 19.1. The number of nitrogens with zero attached hydrogens (tertiary/aromatic N) is 1. The van der Waals surface area contributed by atoms with Crippen LogP contribution in [0.1, 0.15) is 23.7 Å². The fourth-order valence-electron chi connectivity index (χ4n) is 2.89. The van der Waals surface area contributed by atoms with Crippen LogP contribution in [0.15, 0.2) is 36.4 Å². The van der Waals surface area contributed by atoms with Crippen LogP contribution in [-0.2, 0) is 4.79 Å². The van der Waals surface area contributed by atoms with Gasteiger partial charge in [-0.3, -0.25) is 9.59 Å². The molecule has 0 aliphatic carbocycles. The Morgan fingerprint density at radius 3 is 2.73 bits per heavy atom. The van der Waals surface area contributed by atoms with Crippen molar-refractivity contribution in [2.24, 2.45) is 0 Å². The van der Waals surface area contributed by atoms with Crippen molar-refractivity contribution in [3.05, 3.63) is 47.8 Å². The highest BCUT2D eigenvalue weighted by Crippen LogP contribution is 2.24. The first-order chi connectivity index (χ1) is 10.6. The van der Waals surface area contributed by atoms with Crippen molar-refractivity contribution >= 4 is 22.6 Å². The number of fused-ring (bicyclic) bond motifs is 1. The lowest BCUT2D eigenvalue weighted by molar-refractivity contribution is -0.121. The first-order valence-corrected chi connectivity index (χ1v) is 7.33. The molecule has 1 saturated heterocycles. The molecular formula is C17H17FN2O2. The molecule has 0 bridgehead atoms. The van der Waals surface area contributed by atoms with E-state index in [2.05, 4.69) is 5.32 Å². The molecule has 0 radical (unpaired) electrons. The Morgan fingerprint density at radius 2 is 1.95 bits per heavy atom. The van der Waals surface area contributed by atoms with Gasteiger partial charge in [-0.25, -0.2) is 4.39 Å². The van der Waals surface area contributed by atoms with Gasteiger partial charge >= 0.3 is 0 Å². The summed E-state index contributed by atoms with van der Waals surface area (Å²) in [5, 5.41) is 3.80. The molecule has 22 heavy (non-hydrogen) atoms. The maximum atomic E-state index is 13.9. The molecule has 2 amide bonds. The Kier molecular flexibility index (Phi) is 3.79. The van der Waals surface area contributed by atoms with Crippen LogP contribution < -0.4 is 5.32 Å². The summed E-state index contributed by atoms with van der Waals surface area (Å²) >= 11 is 0. The van der Waals surface area contributed by atoms with E-state index in [4.69, 9.17) is 0 Å². The minimum absolute atomic E-state index is 0.0493. The van der Waals surface area contributed by atoms with E-state index >= 15 is 0 Å². The lowest BCUT2D eigenvalue weighted by Crippen LogP contribution is -2.39. The van der Waals surface area contributed by atoms with E-state index in [1.54, 1.807) is 29.2 Å². The number of hydrogen-bond acceptors (Lipinski definition) is 2. The Bertz CT molecular complexity index is 745. The van der Waals surface area contributed by atoms with Gasteiger partial charge in [0, 0.05) is 36.5 Å². The Hall–Kier alpha value is -2.43. The smallest absolute Gasteiger partial charge is 0.254 e. The summed E-state index contributed by atoms with van der Waals surface area (Å²) in [6, 6.07) is 9.61. The van der Waals surface area contributed by atoms with Crippen LogP contribution in [0.4, 0.5) is 4.39 Å². The van der Waals surface area contributed by atoms with E-state index in [0.717, 1.165) is 0 Å². The summed E-state index contributed by atoms with van der Waals surface area (Å²) < 4.78 is 13.9. The summed E-state index contributed by atoms with van der Waals surface area (Å²) in [6.07, 6.45) is 0.283. The number of carbonyl (C=O) groups excluding carboxylic acids is 2. The van der Waals surface area contributed by atoms with Crippen molar-refractivity contribution in [2.45, 2.75) is 19.4 Å². The zero-order chi connectivity index (χ0) is 15.7. The van der Waals surface area contributed by atoms with Gasteiger partial charge in [-0.05, 0) is 24.4 Å². The van der Waals surface area contributed by atoms with Crippen LogP contribution >= 0.6 is 0 Å². The third-order valence-corrected chi connectivity index (χ3v) is 4.05. The van der Waals surface area contributed by atoms with Gasteiger partial charge in [-0.15, -0.1) is 0 Å². The summed E-state index contributed by atoms with van der Waals surface area (Å²) in [5.74, 6) is -0.556. The fourth-order valence-corrected chi connectivity index (χ4v) is 2.89. The lowest BCUT2D eigenvalue weighted by atomic mass is 10.0. The molecule has 1 fully saturated rings. The van der Waals surface area contributed by atoms with Gasteiger partial charge in [0.05, 0.1) is 0 Å². The van der Waals surface area contributed by atoms with Gasteiger partial charge in [0.15, 0.2) is 0 Å². The fraction of sp³-hybridized carbons (Fsp3) is 0.294. The van der Waals surface area contributed by atoms with E-state index < -0.39 is 0 Å². The molecule has 0 aromatic heterocycles. The second kappa shape index (κ2) is 5.75. The predicted octanol–water partition coefficient (Wildman–Crippen LogP) is 2.33. The van der Waals surface area contributed by atoms with Crippen LogP contribution in [0.2, 0.25) is 0 Å². The molecule has 2 aromatic carbocycles. The van der Waals surface area contributed by atoms with E-state index in [0.29, 0.717) is 29.4 Å². The average Bonchev–Trinajstić information content (AvgIpc) is 2.68. The summed E-state index contributed by atoms with van der Waals surface area (Å²) in [7, 11) is 0. The number of nitrogens with one attached hydrogen (secondary N) is 1. The van der Waals surface area contributed by atoms with Crippen molar-refractivity contribution < 1.29 is 14.0 Å². The van der Waals surface area contributed by atoms with Gasteiger partial charge in [-0.1, -0.05) is 24.3 Å². The molecule has 0 saturated carbocycles. The van der Waals surface area contributed by atoms with Crippen molar-refractivity contribution in [1.82, 2.24) is 10.2 Å². The summed E-state index contributed by atoms with van der Waals surface area (Å²) in [4.78, 5) is 26.1. The molecule has 0 spiro atoms. The Balaban J connectivity index is 2.02. The minimum atomic E-state index is -0.340. The maximum absolute atomic E-state index is 13.9. The zero-order valence-corrected chi connectivity index (χ0v) is 12.3. The molecule has 1 aliphatic heterocycles. The molecule has 1 heterocycles. The van der Waals surface area contributed by atoms with E-state index in [-0.39, 0.29) is 30.1 Å². The van der Waals surface area contributed by atoms with E-state index in [9.17, 15) is 14.0 Å². The van der Waals surface area contributed by atoms with Gasteiger partial charge in [0.2, 0.25) is 5.91 Å². The highest BCUT2D eigenvalue weighted by molar-refractivity contribution is 6.07. The van der Waals surface area contributed by atoms with Crippen LogP contribution in [0.5, 0.6) is 0 Å². The average molecular weight is 300 g/mol. The van der Waals surface area contributed by atoms with Crippen molar-refractivity contribution in [3.8, 4) is 0 Å². The van der Waals surface area contributed by atoms with Gasteiger partial charge in [-0.2, -0.15) is 0 Å².